The highest BCUT2D eigenvalue weighted by atomic mass is 16.5. The van der Waals surface area contributed by atoms with E-state index in [0.29, 0.717) is 25.9 Å². The summed E-state index contributed by atoms with van der Waals surface area (Å²) in [5.74, 6) is 4.62. The van der Waals surface area contributed by atoms with Crippen molar-refractivity contribution < 1.29 is 9.53 Å². The van der Waals surface area contributed by atoms with Gasteiger partial charge in [0.2, 0.25) is 5.91 Å². The summed E-state index contributed by atoms with van der Waals surface area (Å²) in [6.07, 6.45) is 1.51. The van der Waals surface area contributed by atoms with E-state index in [1.165, 1.54) is 11.1 Å². The molecule has 4 rings (SSSR count). The molecule has 2 saturated heterocycles. The van der Waals surface area contributed by atoms with Gasteiger partial charge in [-0.05, 0) is 48.6 Å². The number of piperazine rings is 1. The van der Waals surface area contributed by atoms with Crippen LogP contribution in [0.2, 0.25) is 0 Å². The number of carbonyl (C=O) groups excluding carboxylic acids is 1. The third kappa shape index (κ3) is 6.22. The smallest absolute Gasteiger partial charge is 0.237 e. The molecule has 7 heteroatoms. The first-order chi connectivity index (χ1) is 16.6. The number of nitrogens with two attached hydrogens (primary N) is 1. The van der Waals surface area contributed by atoms with Crippen molar-refractivity contribution in [2.24, 2.45) is 17.7 Å². The normalized spacial score (nSPS) is 22.6. The van der Waals surface area contributed by atoms with E-state index in [0.717, 1.165) is 43.9 Å². The molecule has 2 aromatic rings. The molecule has 0 radical (unpaired) electrons. The third-order valence-corrected chi connectivity index (χ3v) is 7.14. The number of likely N-dealkylation sites (N-methyl/N-ethyl adjacent to an activating group) is 1. The number of nitrogens with zero attached hydrogens (tertiary/aromatic N) is 3. The summed E-state index contributed by atoms with van der Waals surface area (Å²) < 4.78 is 5.84. The Morgan fingerprint density at radius 3 is 2.29 bits per heavy atom. The molecule has 2 heterocycles. The van der Waals surface area contributed by atoms with E-state index in [4.69, 9.17) is 10.6 Å². The maximum atomic E-state index is 11.9. The number of hydrogen-bond donors (Lipinski definition) is 2. The van der Waals surface area contributed by atoms with Crippen LogP contribution in [0.3, 0.4) is 0 Å². The Bertz CT molecular complexity index is 978. The van der Waals surface area contributed by atoms with Crippen LogP contribution in [0.25, 0.3) is 11.1 Å². The highest BCUT2D eigenvalue weighted by molar-refractivity contribution is 5.78. The van der Waals surface area contributed by atoms with Crippen molar-refractivity contribution in [3.63, 3.8) is 0 Å². The topological polar surface area (TPSA) is 94.6 Å². The minimum atomic E-state index is -0.298. The predicted molar refractivity (Wildman–Crippen MR) is 132 cm³/mol. The molecule has 2 fully saturated rings. The molecule has 2 aliphatic heterocycles. The van der Waals surface area contributed by atoms with Crippen LogP contribution in [0.5, 0.6) is 0 Å². The molecule has 0 aromatic heterocycles. The van der Waals surface area contributed by atoms with E-state index >= 15 is 0 Å². The fourth-order valence-electron chi connectivity index (χ4n) is 4.88. The number of hydrazine groups is 1. The number of rotatable bonds is 7. The van der Waals surface area contributed by atoms with Gasteiger partial charge in [-0.3, -0.25) is 15.1 Å². The van der Waals surface area contributed by atoms with Gasteiger partial charge in [0, 0.05) is 45.2 Å². The van der Waals surface area contributed by atoms with Crippen LogP contribution < -0.4 is 11.3 Å². The molecule has 0 bridgehead atoms. The van der Waals surface area contributed by atoms with Gasteiger partial charge in [0.25, 0.3) is 0 Å². The van der Waals surface area contributed by atoms with Crippen LogP contribution in [-0.4, -0.2) is 61.6 Å². The summed E-state index contributed by atoms with van der Waals surface area (Å²) in [6, 6.07) is 19.6. The Morgan fingerprint density at radius 2 is 1.71 bits per heavy atom. The molecule has 0 spiro atoms. The Morgan fingerprint density at radius 1 is 1.09 bits per heavy atom. The lowest BCUT2D eigenvalue weighted by molar-refractivity contribution is -0.131. The maximum absolute atomic E-state index is 11.9. The zero-order valence-corrected chi connectivity index (χ0v) is 20.0. The lowest BCUT2D eigenvalue weighted by Crippen LogP contribution is -2.43. The lowest BCUT2D eigenvalue weighted by Gasteiger charge is -2.32. The molecule has 34 heavy (non-hydrogen) atoms. The van der Waals surface area contributed by atoms with Crippen molar-refractivity contribution in [3.05, 3.63) is 59.7 Å². The molecule has 2 unspecified atom stereocenters. The lowest BCUT2D eigenvalue weighted by atomic mass is 9.85. The number of amides is 1. The number of nitriles is 1. The van der Waals surface area contributed by atoms with E-state index < -0.39 is 0 Å². The Hall–Kier alpha value is -2.76. The highest BCUT2D eigenvalue weighted by Crippen LogP contribution is 2.28. The minimum Gasteiger partial charge on any atom is -0.377 e. The third-order valence-electron chi connectivity index (χ3n) is 7.14. The molecule has 3 atom stereocenters. The zero-order chi connectivity index (χ0) is 23.9. The summed E-state index contributed by atoms with van der Waals surface area (Å²) in [5.41, 5.74) is 7.02. The minimum absolute atomic E-state index is 0.177. The number of ether oxygens (including phenoxy) is 1. The second-order valence-corrected chi connectivity index (χ2v) is 9.55. The number of carbonyl (C=O) groups is 1. The molecule has 1 amide bonds. The monoisotopic (exact) mass is 461 g/mol. The molecule has 180 valence electrons. The second-order valence-electron chi connectivity index (χ2n) is 9.55. The number of hydrogen-bond acceptors (Lipinski definition) is 6. The van der Waals surface area contributed by atoms with Crippen LogP contribution in [0.15, 0.2) is 48.5 Å². The molecule has 2 aliphatic rings. The summed E-state index contributed by atoms with van der Waals surface area (Å²) in [5, 5.41) is 9.75. The van der Waals surface area contributed by atoms with Gasteiger partial charge < -0.3 is 9.64 Å². The summed E-state index contributed by atoms with van der Waals surface area (Å²) >= 11 is 0. The highest BCUT2D eigenvalue weighted by Gasteiger charge is 2.32. The largest absolute Gasteiger partial charge is 0.377 e. The van der Waals surface area contributed by atoms with Crippen LogP contribution >= 0.6 is 0 Å². The van der Waals surface area contributed by atoms with Gasteiger partial charge >= 0.3 is 0 Å². The molecule has 7 nitrogen and oxygen atoms in total. The Labute approximate surface area is 202 Å². The quantitative estimate of drug-likeness (QED) is 0.374. The fraction of sp³-hybridized carbons (Fsp3) is 0.481. The number of benzene rings is 2. The van der Waals surface area contributed by atoms with Crippen molar-refractivity contribution in [2.45, 2.75) is 31.9 Å². The zero-order valence-electron chi connectivity index (χ0n) is 20.0. The first-order valence-electron chi connectivity index (χ1n) is 12.2. The Balaban J connectivity index is 1.34. The van der Waals surface area contributed by atoms with E-state index in [9.17, 15) is 10.1 Å². The van der Waals surface area contributed by atoms with Crippen LogP contribution in [0.1, 0.15) is 24.0 Å². The molecular weight excluding hydrogens is 426 g/mol. The van der Waals surface area contributed by atoms with Gasteiger partial charge in [-0.1, -0.05) is 48.5 Å². The van der Waals surface area contributed by atoms with E-state index in [1.807, 2.05) is 0 Å². The predicted octanol–water partition coefficient (Wildman–Crippen LogP) is 2.57. The molecule has 0 aliphatic carbocycles. The second kappa shape index (κ2) is 11.6. The SMILES string of the molecule is CN1CCN(Cc2ccc(-c3ccc(CC(C#N)[C@@H]4CC(C(=O)NN)CCO4)cc3)cc2)CC1. The van der Waals surface area contributed by atoms with Gasteiger partial charge in [-0.25, -0.2) is 5.84 Å². The average molecular weight is 462 g/mol. The van der Waals surface area contributed by atoms with Crippen molar-refractivity contribution in [2.75, 3.05) is 39.8 Å². The molecular formula is C27H35N5O2. The van der Waals surface area contributed by atoms with Crippen molar-refractivity contribution in [1.82, 2.24) is 15.2 Å². The van der Waals surface area contributed by atoms with Crippen molar-refractivity contribution in [1.29, 1.82) is 5.26 Å². The standard InChI is InChI=1S/C27H35N5O2/c1-31-11-13-32(14-12-31)19-21-4-8-23(9-5-21)22-6-2-20(3-7-22)16-25(18-28)26-17-24(10-15-34-26)27(33)30-29/h2-9,24-26H,10-17,19,29H2,1H3,(H,30,33)/t24?,25?,26-/m0/s1. The van der Waals surface area contributed by atoms with Gasteiger partial charge in [-0.2, -0.15) is 5.26 Å². The Kier molecular flexibility index (Phi) is 8.30. The summed E-state index contributed by atoms with van der Waals surface area (Å²) in [6.45, 7) is 5.98. The average Bonchev–Trinajstić information content (AvgIpc) is 2.89. The van der Waals surface area contributed by atoms with Crippen LogP contribution in [0.4, 0.5) is 0 Å². The van der Waals surface area contributed by atoms with Gasteiger partial charge in [0.1, 0.15) is 0 Å². The number of nitrogens with one attached hydrogen (secondary N) is 1. The first-order valence-corrected chi connectivity index (χ1v) is 12.2. The van der Waals surface area contributed by atoms with Crippen molar-refractivity contribution in [3.8, 4) is 17.2 Å². The van der Waals surface area contributed by atoms with Crippen LogP contribution in [0, 0.1) is 23.2 Å². The van der Waals surface area contributed by atoms with E-state index in [1.54, 1.807) is 0 Å². The molecule has 2 aromatic carbocycles. The van der Waals surface area contributed by atoms with E-state index in [-0.39, 0.29) is 23.8 Å². The molecule has 3 N–H and O–H groups in total. The van der Waals surface area contributed by atoms with Gasteiger partial charge in [-0.15, -0.1) is 0 Å². The van der Waals surface area contributed by atoms with Gasteiger partial charge in [0.15, 0.2) is 0 Å². The summed E-state index contributed by atoms with van der Waals surface area (Å²) in [7, 11) is 2.18. The van der Waals surface area contributed by atoms with E-state index in [2.05, 4.69) is 76.9 Å². The fourth-order valence-corrected chi connectivity index (χ4v) is 4.88. The molecule has 0 saturated carbocycles. The van der Waals surface area contributed by atoms with Crippen LogP contribution in [-0.2, 0) is 22.5 Å². The summed E-state index contributed by atoms with van der Waals surface area (Å²) in [4.78, 5) is 16.8. The first kappa shape index (κ1) is 24.4. The van der Waals surface area contributed by atoms with Crippen molar-refractivity contribution >= 4 is 5.91 Å². The van der Waals surface area contributed by atoms with Gasteiger partial charge in [0.05, 0.1) is 18.1 Å². The maximum Gasteiger partial charge on any atom is 0.237 e.